The maximum atomic E-state index is 12.8. The van der Waals surface area contributed by atoms with E-state index < -0.39 is 0 Å². The van der Waals surface area contributed by atoms with Gasteiger partial charge in [-0.3, -0.25) is 4.79 Å². The maximum Gasteiger partial charge on any atom is 0.259 e. The molecule has 0 saturated carbocycles. The first-order valence-corrected chi connectivity index (χ1v) is 8.63. The lowest BCUT2D eigenvalue weighted by molar-refractivity contribution is 0.0793. The van der Waals surface area contributed by atoms with Gasteiger partial charge in [0.1, 0.15) is 5.75 Å². The van der Waals surface area contributed by atoms with Gasteiger partial charge in [-0.25, -0.2) is 0 Å². The molecule has 2 aromatic carbocycles. The van der Waals surface area contributed by atoms with Crippen molar-refractivity contribution in [1.82, 2.24) is 15.0 Å². The third-order valence-corrected chi connectivity index (χ3v) is 4.56. The van der Waals surface area contributed by atoms with Crippen LogP contribution in [0.3, 0.4) is 0 Å². The summed E-state index contributed by atoms with van der Waals surface area (Å²) in [7, 11) is 1.60. The molecule has 0 aliphatic carbocycles. The summed E-state index contributed by atoms with van der Waals surface area (Å²) < 4.78 is 10.8. The number of nitrogens with zero attached hydrogens (tertiary/aromatic N) is 3. The fourth-order valence-corrected chi connectivity index (χ4v) is 3.22. The Morgan fingerprint density at radius 3 is 2.50 bits per heavy atom. The molecule has 4 rings (SSSR count). The van der Waals surface area contributed by atoms with Gasteiger partial charge in [-0.15, -0.1) is 0 Å². The highest BCUT2D eigenvalue weighted by atomic mass is 16.5. The lowest BCUT2D eigenvalue weighted by Gasteiger charge is -2.16. The predicted octanol–water partition coefficient (Wildman–Crippen LogP) is 3.65. The van der Waals surface area contributed by atoms with E-state index in [0.29, 0.717) is 28.6 Å². The summed E-state index contributed by atoms with van der Waals surface area (Å²) in [5.74, 6) is 1.44. The molecule has 2 heterocycles. The third kappa shape index (κ3) is 2.94. The molecule has 0 radical (unpaired) electrons. The maximum absolute atomic E-state index is 12.8. The Morgan fingerprint density at radius 1 is 1.04 bits per heavy atom. The minimum atomic E-state index is 0.00939. The molecule has 1 aliphatic heterocycles. The zero-order valence-corrected chi connectivity index (χ0v) is 14.5. The van der Waals surface area contributed by atoms with Crippen LogP contribution in [0.5, 0.6) is 5.75 Å². The zero-order chi connectivity index (χ0) is 17.9. The molecule has 0 spiro atoms. The third-order valence-electron chi connectivity index (χ3n) is 4.56. The number of para-hydroxylation sites is 1. The van der Waals surface area contributed by atoms with Crippen LogP contribution in [-0.4, -0.2) is 41.1 Å². The molecule has 1 fully saturated rings. The van der Waals surface area contributed by atoms with E-state index in [0.717, 1.165) is 31.5 Å². The van der Waals surface area contributed by atoms with Crippen molar-refractivity contribution < 1.29 is 14.1 Å². The normalized spacial score (nSPS) is 13.8. The van der Waals surface area contributed by atoms with Crippen molar-refractivity contribution in [1.29, 1.82) is 0 Å². The van der Waals surface area contributed by atoms with Gasteiger partial charge in [0.15, 0.2) is 0 Å². The number of carbonyl (C=O) groups is 1. The fourth-order valence-electron chi connectivity index (χ4n) is 3.22. The Kier molecular flexibility index (Phi) is 4.39. The molecular weight excluding hydrogens is 330 g/mol. The van der Waals surface area contributed by atoms with E-state index >= 15 is 0 Å². The van der Waals surface area contributed by atoms with E-state index in [1.54, 1.807) is 7.11 Å². The Morgan fingerprint density at radius 2 is 1.73 bits per heavy atom. The summed E-state index contributed by atoms with van der Waals surface area (Å²) in [6.45, 7) is 1.59. The molecule has 0 unspecified atom stereocenters. The molecule has 1 aromatic heterocycles. The topological polar surface area (TPSA) is 68.5 Å². The number of ether oxygens (including phenoxy) is 1. The van der Waals surface area contributed by atoms with Gasteiger partial charge in [0.2, 0.25) is 5.82 Å². The molecule has 0 bridgehead atoms. The molecular formula is C20H19N3O3. The largest absolute Gasteiger partial charge is 0.496 e. The predicted molar refractivity (Wildman–Crippen MR) is 96.9 cm³/mol. The van der Waals surface area contributed by atoms with E-state index in [9.17, 15) is 4.79 Å². The van der Waals surface area contributed by atoms with Gasteiger partial charge in [0.25, 0.3) is 11.8 Å². The first kappa shape index (κ1) is 16.3. The minimum Gasteiger partial charge on any atom is -0.496 e. The van der Waals surface area contributed by atoms with Crippen LogP contribution < -0.4 is 4.74 Å². The lowest BCUT2D eigenvalue weighted by atomic mass is 10.1. The monoisotopic (exact) mass is 349 g/mol. The Hall–Kier alpha value is -3.15. The van der Waals surface area contributed by atoms with Crippen molar-refractivity contribution >= 4 is 5.91 Å². The second kappa shape index (κ2) is 7.00. The fraction of sp³-hybridized carbons (Fsp3) is 0.250. The molecule has 0 atom stereocenters. The number of aromatic nitrogens is 2. The van der Waals surface area contributed by atoms with Gasteiger partial charge in [-0.2, -0.15) is 4.98 Å². The molecule has 1 aliphatic rings. The minimum absolute atomic E-state index is 0.00939. The van der Waals surface area contributed by atoms with Crippen LogP contribution in [-0.2, 0) is 0 Å². The van der Waals surface area contributed by atoms with Gasteiger partial charge in [-0.1, -0.05) is 29.4 Å². The van der Waals surface area contributed by atoms with Crippen molar-refractivity contribution in [3.8, 4) is 28.6 Å². The van der Waals surface area contributed by atoms with E-state index in [1.807, 2.05) is 53.4 Å². The zero-order valence-electron chi connectivity index (χ0n) is 14.5. The summed E-state index contributed by atoms with van der Waals surface area (Å²) in [5, 5.41) is 4.08. The van der Waals surface area contributed by atoms with Gasteiger partial charge >= 0.3 is 0 Å². The summed E-state index contributed by atoms with van der Waals surface area (Å²) in [6.07, 6.45) is 2.10. The van der Waals surface area contributed by atoms with Crippen LogP contribution in [0.4, 0.5) is 0 Å². The molecule has 132 valence electrons. The van der Waals surface area contributed by atoms with Gasteiger partial charge in [-0.05, 0) is 37.1 Å². The van der Waals surface area contributed by atoms with E-state index in [-0.39, 0.29) is 5.91 Å². The van der Waals surface area contributed by atoms with Crippen LogP contribution in [0.25, 0.3) is 22.8 Å². The molecule has 1 saturated heterocycles. The smallest absolute Gasteiger partial charge is 0.259 e. The van der Waals surface area contributed by atoms with Gasteiger partial charge < -0.3 is 14.2 Å². The van der Waals surface area contributed by atoms with Crippen molar-refractivity contribution in [3.05, 3.63) is 54.1 Å². The Balaban J connectivity index is 1.71. The standard InChI is InChI=1S/C20H19N3O3/c1-25-17-11-5-4-10-16(17)18-21-19(26-22-18)14-8-2-3-9-15(14)20(24)23-12-6-7-13-23/h2-5,8-11H,6-7,12-13H2,1H3. The first-order chi connectivity index (χ1) is 12.8. The van der Waals surface area contributed by atoms with E-state index in [4.69, 9.17) is 9.26 Å². The Labute approximate surface area is 151 Å². The second-order valence-electron chi connectivity index (χ2n) is 6.17. The van der Waals surface area contributed by atoms with Crippen molar-refractivity contribution in [2.75, 3.05) is 20.2 Å². The van der Waals surface area contributed by atoms with Gasteiger partial charge in [0, 0.05) is 13.1 Å². The number of amides is 1. The quantitative estimate of drug-likeness (QED) is 0.719. The number of carbonyl (C=O) groups excluding carboxylic acids is 1. The molecule has 3 aromatic rings. The Bertz CT molecular complexity index is 929. The second-order valence-corrected chi connectivity index (χ2v) is 6.17. The molecule has 0 N–H and O–H groups in total. The van der Waals surface area contributed by atoms with Crippen LogP contribution >= 0.6 is 0 Å². The van der Waals surface area contributed by atoms with Crippen LogP contribution in [0.15, 0.2) is 53.1 Å². The molecule has 6 heteroatoms. The summed E-state index contributed by atoms with van der Waals surface area (Å²) in [4.78, 5) is 19.2. The highest BCUT2D eigenvalue weighted by Gasteiger charge is 2.24. The highest BCUT2D eigenvalue weighted by Crippen LogP contribution is 2.30. The van der Waals surface area contributed by atoms with Crippen LogP contribution in [0.2, 0.25) is 0 Å². The number of hydrogen-bond donors (Lipinski definition) is 0. The average molecular weight is 349 g/mol. The van der Waals surface area contributed by atoms with E-state index in [1.165, 1.54) is 0 Å². The SMILES string of the molecule is COc1ccccc1-c1noc(-c2ccccc2C(=O)N2CCCC2)n1. The van der Waals surface area contributed by atoms with Crippen LogP contribution in [0, 0.1) is 0 Å². The number of likely N-dealkylation sites (tertiary alicyclic amines) is 1. The summed E-state index contributed by atoms with van der Waals surface area (Å²) in [6, 6.07) is 14.8. The highest BCUT2D eigenvalue weighted by molar-refractivity contribution is 6.00. The summed E-state index contributed by atoms with van der Waals surface area (Å²) in [5.41, 5.74) is 1.98. The lowest BCUT2D eigenvalue weighted by Crippen LogP contribution is -2.28. The average Bonchev–Trinajstić information content (AvgIpc) is 3.39. The van der Waals surface area contributed by atoms with Crippen molar-refractivity contribution in [2.45, 2.75) is 12.8 Å². The molecule has 6 nitrogen and oxygen atoms in total. The number of hydrogen-bond acceptors (Lipinski definition) is 5. The van der Waals surface area contributed by atoms with Crippen molar-refractivity contribution in [3.63, 3.8) is 0 Å². The summed E-state index contributed by atoms with van der Waals surface area (Å²) >= 11 is 0. The number of methoxy groups -OCH3 is 1. The van der Waals surface area contributed by atoms with Crippen molar-refractivity contribution in [2.24, 2.45) is 0 Å². The number of rotatable bonds is 4. The van der Waals surface area contributed by atoms with Crippen LogP contribution in [0.1, 0.15) is 23.2 Å². The first-order valence-electron chi connectivity index (χ1n) is 8.63. The van der Waals surface area contributed by atoms with Gasteiger partial charge in [0.05, 0.1) is 23.8 Å². The molecule has 1 amide bonds. The number of benzene rings is 2. The molecule has 26 heavy (non-hydrogen) atoms. The van der Waals surface area contributed by atoms with E-state index in [2.05, 4.69) is 10.1 Å².